The number of ether oxygens (including phenoxy) is 2. The Hall–Kier alpha value is -3.80. The van der Waals surface area contributed by atoms with Crippen molar-refractivity contribution in [3.8, 4) is 5.75 Å². The molecular formula is C32H40N2O4. The molecule has 1 atom stereocenters. The van der Waals surface area contributed by atoms with Gasteiger partial charge in [-0.2, -0.15) is 0 Å². The van der Waals surface area contributed by atoms with E-state index in [0.29, 0.717) is 19.6 Å². The summed E-state index contributed by atoms with van der Waals surface area (Å²) in [5, 5.41) is 3.08. The molecule has 202 valence electrons. The van der Waals surface area contributed by atoms with Crippen molar-refractivity contribution in [3.05, 3.63) is 102 Å². The van der Waals surface area contributed by atoms with Gasteiger partial charge in [0.2, 0.25) is 5.91 Å². The fourth-order valence-electron chi connectivity index (χ4n) is 3.97. The van der Waals surface area contributed by atoms with Gasteiger partial charge in [0, 0.05) is 25.4 Å². The van der Waals surface area contributed by atoms with E-state index in [1.165, 1.54) is 4.90 Å². The normalized spacial score (nSPS) is 12.4. The van der Waals surface area contributed by atoms with E-state index in [4.69, 9.17) is 9.47 Å². The molecule has 6 heteroatoms. The lowest BCUT2D eigenvalue weighted by molar-refractivity contribution is -0.126. The van der Waals surface area contributed by atoms with Gasteiger partial charge in [0.25, 0.3) is 0 Å². The molecule has 0 fully saturated rings. The molecule has 6 nitrogen and oxygen atoms in total. The van der Waals surface area contributed by atoms with E-state index in [0.717, 1.165) is 22.4 Å². The molecular weight excluding hydrogens is 476 g/mol. The molecule has 1 unspecified atom stereocenters. The number of nitrogens with one attached hydrogen (secondary N) is 1. The van der Waals surface area contributed by atoms with Crippen LogP contribution in [0.4, 0.5) is 4.79 Å². The minimum Gasteiger partial charge on any atom is -0.489 e. The summed E-state index contributed by atoms with van der Waals surface area (Å²) in [7, 11) is 1.61. The first-order chi connectivity index (χ1) is 17.9. The van der Waals surface area contributed by atoms with Crippen LogP contribution < -0.4 is 10.1 Å². The molecule has 0 radical (unpaired) electrons. The van der Waals surface area contributed by atoms with Crippen molar-refractivity contribution in [2.45, 2.75) is 64.7 Å². The molecule has 3 rings (SSSR count). The summed E-state index contributed by atoms with van der Waals surface area (Å²) in [4.78, 5) is 27.8. The molecule has 0 bridgehead atoms. The van der Waals surface area contributed by atoms with Crippen molar-refractivity contribution in [1.29, 1.82) is 0 Å². The topological polar surface area (TPSA) is 67.9 Å². The molecule has 3 aromatic carbocycles. The Balaban J connectivity index is 1.71. The molecule has 3 aromatic rings. The first-order valence-corrected chi connectivity index (χ1v) is 13.0. The van der Waals surface area contributed by atoms with Crippen LogP contribution in [-0.2, 0) is 28.0 Å². The Morgan fingerprint density at radius 2 is 1.39 bits per heavy atom. The van der Waals surface area contributed by atoms with Crippen molar-refractivity contribution in [2.24, 2.45) is 0 Å². The number of likely N-dealkylation sites (N-methyl/N-ethyl adjacent to an activating group) is 1. The van der Waals surface area contributed by atoms with Crippen LogP contribution in [0.5, 0.6) is 5.75 Å². The van der Waals surface area contributed by atoms with E-state index in [2.05, 4.69) is 31.3 Å². The zero-order valence-electron chi connectivity index (χ0n) is 23.4. The Morgan fingerprint density at radius 1 is 0.816 bits per heavy atom. The highest BCUT2D eigenvalue weighted by Gasteiger charge is 2.32. The summed E-state index contributed by atoms with van der Waals surface area (Å²) in [5.41, 5.74) is 2.19. The lowest BCUT2D eigenvalue weighted by atomic mass is 9.84. The molecule has 0 spiro atoms. The number of amides is 2. The monoisotopic (exact) mass is 516 g/mol. The van der Waals surface area contributed by atoms with Crippen molar-refractivity contribution >= 4 is 12.0 Å². The van der Waals surface area contributed by atoms with Crippen LogP contribution in [-0.4, -0.2) is 42.1 Å². The Morgan fingerprint density at radius 3 is 1.97 bits per heavy atom. The highest BCUT2D eigenvalue weighted by Crippen LogP contribution is 2.23. The first-order valence-electron chi connectivity index (χ1n) is 13.0. The predicted molar refractivity (Wildman–Crippen MR) is 151 cm³/mol. The fourth-order valence-corrected chi connectivity index (χ4v) is 3.97. The number of nitrogens with zero attached hydrogens (tertiary/aromatic N) is 1. The standard InChI is InChI=1S/C32H40N2O4/c1-31(2,3)38-30(36)34(6)28(29(35)33-23-32(4,5)26-15-11-8-12-16-26)21-24-17-19-27(20-18-24)37-22-25-13-9-7-10-14-25/h7-20,28H,21-23H2,1-6H3,(H,33,35). The molecule has 38 heavy (non-hydrogen) atoms. The van der Waals surface area contributed by atoms with Crippen LogP contribution in [0.25, 0.3) is 0 Å². The quantitative estimate of drug-likeness (QED) is 0.352. The van der Waals surface area contributed by atoms with Gasteiger partial charge in [0.05, 0.1) is 0 Å². The van der Waals surface area contributed by atoms with E-state index < -0.39 is 17.7 Å². The van der Waals surface area contributed by atoms with Crippen molar-refractivity contribution < 1.29 is 19.1 Å². The molecule has 1 N–H and O–H groups in total. The van der Waals surface area contributed by atoms with E-state index in [-0.39, 0.29) is 11.3 Å². The van der Waals surface area contributed by atoms with Crippen LogP contribution in [0, 0.1) is 0 Å². The van der Waals surface area contributed by atoms with E-state index >= 15 is 0 Å². The molecule has 2 amide bonds. The fraction of sp³-hybridized carbons (Fsp3) is 0.375. The number of hydrogen-bond donors (Lipinski definition) is 1. The number of hydrogen-bond acceptors (Lipinski definition) is 4. The molecule has 0 aliphatic heterocycles. The van der Waals surface area contributed by atoms with Crippen LogP contribution in [0.1, 0.15) is 51.3 Å². The van der Waals surface area contributed by atoms with Crippen molar-refractivity contribution in [1.82, 2.24) is 10.2 Å². The average Bonchev–Trinajstić information content (AvgIpc) is 2.89. The van der Waals surface area contributed by atoms with Gasteiger partial charge >= 0.3 is 6.09 Å². The second kappa shape index (κ2) is 12.6. The zero-order valence-corrected chi connectivity index (χ0v) is 23.4. The van der Waals surface area contributed by atoms with Crippen LogP contribution in [0.15, 0.2) is 84.9 Å². The van der Waals surface area contributed by atoms with Gasteiger partial charge in [-0.3, -0.25) is 9.69 Å². The smallest absolute Gasteiger partial charge is 0.410 e. The summed E-state index contributed by atoms with van der Waals surface area (Å²) in [5.74, 6) is 0.510. The lowest BCUT2D eigenvalue weighted by Gasteiger charge is -2.32. The average molecular weight is 517 g/mol. The van der Waals surface area contributed by atoms with Gasteiger partial charge in [-0.15, -0.1) is 0 Å². The van der Waals surface area contributed by atoms with Crippen molar-refractivity contribution in [2.75, 3.05) is 13.6 Å². The van der Waals surface area contributed by atoms with Crippen LogP contribution in [0.2, 0.25) is 0 Å². The highest BCUT2D eigenvalue weighted by atomic mass is 16.6. The second-order valence-corrected chi connectivity index (χ2v) is 11.2. The van der Waals surface area contributed by atoms with Gasteiger partial charge in [-0.25, -0.2) is 4.79 Å². The first kappa shape index (κ1) is 28.8. The Kier molecular flexibility index (Phi) is 9.56. The molecule has 0 aromatic heterocycles. The zero-order chi connectivity index (χ0) is 27.8. The van der Waals surface area contributed by atoms with Crippen molar-refractivity contribution in [3.63, 3.8) is 0 Å². The lowest BCUT2D eigenvalue weighted by Crippen LogP contribution is -2.52. The summed E-state index contributed by atoms with van der Waals surface area (Å²) in [6, 6.07) is 26.9. The molecule has 0 heterocycles. The largest absolute Gasteiger partial charge is 0.489 e. The van der Waals surface area contributed by atoms with Crippen LogP contribution >= 0.6 is 0 Å². The third-order valence-electron chi connectivity index (χ3n) is 6.31. The molecule has 0 saturated carbocycles. The summed E-state index contributed by atoms with van der Waals surface area (Å²) in [6.45, 7) is 10.5. The van der Waals surface area contributed by atoms with Gasteiger partial charge in [-0.1, -0.05) is 86.6 Å². The van der Waals surface area contributed by atoms with Gasteiger partial charge in [-0.05, 0) is 49.6 Å². The SMILES string of the molecule is CN(C(=O)OC(C)(C)C)C(Cc1ccc(OCc2ccccc2)cc1)C(=O)NCC(C)(C)c1ccccc1. The maximum atomic E-state index is 13.5. The Labute approximate surface area is 227 Å². The maximum absolute atomic E-state index is 13.5. The second-order valence-electron chi connectivity index (χ2n) is 11.2. The third-order valence-corrected chi connectivity index (χ3v) is 6.31. The minimum absolute atomic E-state index is 0.230. The highest BCUT2D eigenvalue weighted by molar-refractivity contribution is 5.86. The van der Waals surface area contributed by atoms with E-state index in [1.54, 1.807) is 7.05 Å². The number of benzene rings is 3. The minimum atomic E-state index is -0.743. The van der Waals surface area contributed by atoms with E-state index in [1.807, 2.05) is 93.6 Å². The molecule has 0 aliphatic rings. The van der Waals surface area contributed by atoms with Crippen LogP contribution in [0.3, 0.4) is 0 Å². The summed E-state index contributed by atoms with van der Waals surface area (Å²) < 4.78 is 11.5. The maximum Gasteiger partial charge on any atom is 0.410 e. The van der Waals surface area contributed by atoms with Gasteiger partial charge < -0.3 is 14.8 Å². The number of carbonyl (C=O) groups is 2. The summed E-state index contributed by atoms with van der Waals surface area (Å²) >= 11 is 0. The third kappa shape index (κ3) is 8.65. The molecule has 0 saturated heterocycles. The van der Waals surface area contributed by atoms with Gasteiger partial charge in [0.1, 0.15) is 24.0 Å². The number of carbonyl (C=O) groups excluding carboxylic acids is 2. The molecule has 0 aliphatic carbocycles. The van der Waals surface area contributed by atoms with Gasteiger partial charge in [0.15, 0.2) is 0 Å². The predicted octanol–water partition coefficient (Wildman–Crippen LogP) is 6.14. The Bertz CT molecular complexity index is 1170. The number of rotatable bonds is 10. The summed E-state index contributed by atoms with van der Waals surface area (Å²) in [6.07, 6.45) is -0.199. The van der Waals surface area contributed by atoms with E-state index in [9.17, 15) is 9.59 Å².